The molecule has 242 valence electrons. The Kier molecular flexibility index (Phi) is 8.39. The van der Waals surface area contributed by atoms with E-state index in [1.807, 2.05) is 0 Å². The number of likely N-dealkylation sites (tertiary alicyclic amines) is 1. The maximum atomic E-state index is 14.9. The first kappa shape index (κ1) is 33.0. The second-order valence-corrected chi connectivity index (χ2v) is 10.1. The van der Waals surface area contributed by atoms with E-state index in [-0.39, 0.29) is 17.1 Å². The first-order valence-corrected chi connectivity index (χ1v) is 12.5. The Balaban J connectivity index is 1.60. The summed E-state index contributed by atoms with van der Waals surface area (Å²) in [5.41, 5.74) is -1.86. The van der Waals surface area contributed by atoms with Crippen molar-refractivity contribution in [3.05, 3.63) is 35.8 Å². The summed E-state index contributed by atoms with van der Waals surface area (Å²) in [6.07, 6.45) is -18.9. The van der Waals surface area contributed by atoms with Crippen LogP contribution in [0.15, 0.2) is 24.7 Å². The standard InChI is InChI=1S/C24H23F10N7O3/c1-10(5-21(43,23(29,30)31)24(32,33)34)40-7-14(25)15(8-40)39-19(42)12-3-11(6-36-20(12)44-2)16-4-13(22(26,27)28)17-18(35)37-9-38-41(16)17/h3-4,6,9-10,14-15,43H,5,7-8H2,1-2H3,(H,39,42)(H2,35,37,38)/t10?,14-,15+/m0/s1. The molecule has 1 unspecified atom stereocenters. The fraction of sp³-hybridized carbons (Fsp3) is 0.500. The Morgan fingerprint density at radius 2 is 1.75 bits per heavy atom. The van der Waals surface area contributed by atoms with E-state index in [0.717, 1.165) is 42.0 Å². The van der Waals surface area contributed by atoms with Gasteiger partial charge in [-0.15, -0.1) is 0 Å². The summed E-state index contributed by atoms with van der Waals surface area (Å²) in [7, 11) is 1.11. The Morgan fingerprint density at radius 3 is 2.32 bits per heavy atom. The Morgan fingerprint density at radius 1 is 1.11 bits per heavy atom. The molecule has 0 saturated carbocycles. The molecule has 4 heterocycles. The van der Waals surface area contributed by atoms with Gasteiger partial charge in [-0.25, -0.2) is 18.9 Å². The summed E-state index contributed by atoms with van der Waals surface area (Å²) < 4.78 is 141. The topological polar surface area (TPSA) is 131 Å². The quantitative estimate of drug-likeness (QED) is 0.331. The number of carbonyl (C=O) groups is 1. The molecule has 1 aliphatic rings. The van der Waals surface area contributed by atoms with Gasteiger partial charge < -0.3 is 20.9 Å². The van der Waals surface area contributed by atoms with E-state index in [1.165, 1.54) is 0 Å². The number of halogens is 10. The number of rotatable bonds is 7. The Labute approximate surface area is 240 Å². The fourth-order valence-electron chi connectivity index (χ4n) is 4.89. The molecule has 0 radical (unpaired) electrons. The van der Waals surface area contributed by atoms with E-state index in [4.69, 9.17) is 10.5 Å². The molecule has 1 amide bonds. The summed E-state index contributed by atoms with van der Waals surface area (Å²) in [5, 5.41) is 15.6. The molecule has 4 rings (SSSR count). The number of hydrogen-bond donors (Lipinski definition) is 3. The minimum atomic E-state index is -6.07. The zero-order chi connectivity index (χ0) is 33.0. The number of alkyl halides is 10. The third-order valence-corrected chi connectivity index (χ3v) is 7.22. The van der Waals surface area contributed by atoms with E-state index in [0.29, 0.717) is 6.07 Å². The highest BCUT2D eigenvalue weighted by Gasteiger charge is 2.70. The maximum absolute atomic E-state index is 14.9. The van der Waals surface area contributed by atoms with Crippen molar-refractivity contribution in [1.82, 2.24) is 29.8 Å². The number of amides is 1. The van der Waals surface area contributed by atoms with Gasteiger partial charge in [0.2, 0.25) is 5.88 Å². The fourth-order valence-corrected chi connectivity index (χ4v) is 4.89. The van der Waals surface area contributed by atoms with Crippen LogP contribution in [0.3, 0.4) is 0 Å². The van der Waals surface area contributed by atoms with Gasteiger partial charge in [-0.2, -0.15) is 44.6 Å². The zero-order valence-corrected chi connectivity index (χ0v) is 22.5. The summed E-state index contributed by atoms with van der Waals surface area (Å²) in [6.45, 7) is -0.280. The highest BCUT2D eigenvalue weighted by atomic mass is 19.4. The van der Waals surface area contributed by atoms with Crippen LogP contribution >= 0.6 is 0 Å². The number of nitrogen functional groups attached to an aromatic ring is 1. The van der Waals surface area contributed by atoms with Gasteiger partial charge >= 0.3 is 18.5 Å². The van der Waals surface area contributed by atoms with Gasteiger partial charge in [0.1, 0.15) is 23.6 Å². The van der Waals surface area contributed by atoms with Gasteiger partial charge in [-0.1, -0.05) is 0 Å². The van der Waals surface area contributed by atoms with Gasteiger partial charge in [0.15, 0.2) is 5.82 Å². The molecule has 3 aromatic rings. The zero-order valence-electron chi connectivity index (χ0n) is 22.5. The monoisotopic (exact) mass is 647 g/mol. The minimum Gasteiger partial charge on any atom is -0.480 e. The number of aromatic nitrogens is 4. The van der Waals surface area contributed by atoms with Crippen LogP contribution in [-0.4, -0.2) is 91.9 Å². The van der Waals surface area contributed by atoms with E-state index >= 15 is 0 Å². The highest BCUT2D eigenvalue weighted by molar-refractivity contribution is 5.98. The summed E-state index contributed by atoms with van der Waals surface area (Å²) >= 11 is 0. The number of hydrogen-bond acceptors (Lipinski definition) is 8. The smallest absolute Gasteiger partial charge is 0.426 e. The lowest BCUT2D eigenvalue weighted by atomic mass is 9.93. The van der Waals surface area contributed by atoms with Crippen LogP contribution in [0.25, 0.3) is 16.8 Å². The molecule has 3 atom stereocenters. The van der Waals surface area contributed by atoms with Crippen LogP contribution in [0.4, 0.5) is 49.7 Å². The number of nitrogens with zero attached hydrogens (tertiary/aromatic N) is 5. The van der Waals surface area contributed by atoms with Crippen LogP contribution in [0.1, 0.15) is 29.3 Å². The normalized spacial score (nSPS) is 19.4. The number of aliphatic hydroxyl groups is 1. The van der Waals surface area contributed by atoms with Crippen molar-refractivity contribution < 1.29 is 58.5 Å². The maximum Gasteiger partial charge on any atom is 0.426 e. The second kappa shape index (κ2) is 11.2. The molecule has 1 fully saturated rings. The first-order chi connectivity index (χ1) is 20.2. The minimum absolute atomic E-state index is 0.0865. The molecular formula is C24H23F10N7O3. The number of nitrogens with one attached hydrogen (secondary N) is 1. The van der Waals surface area contributed by atoms with Crippen molar-refractivity contribution >= 4 is 17.2 Å². The number of pyridine rings is 1. The molecule has 20 heteroatoms. The predicted molar refractivity (Wildman–Crippen MR) is 131 cm³/mol. The number of anilines is 1. The van der Waals surface area contributed by atoms with E-state index in [1.54, 1.807) is 0 Å². The Hall–Kier alpha value is -3.94. The molecule has 0 aliphatic carbocycles. The average molecular weight is 647 g/mol. The molecule has 1 aliphatic heterocycles. The van der Waals surface area contributed by atoms with Crippen LogP contribution in [0.5, 0.6) is 5.88 Å². The van der Waals surface area contributed by atoms with Crippen molar-refractivity contribution in [1.29, 1.82) is 0 Å². The van der Waals surface area contributed by atoms with Crippen molar-refractivity contribution in [3.63, 3.8) is 0 Å². The van der Waals surface area contributed by atoms with E-state index in [9.17, 15) is 53.8 Å². The van der Waals surface area contributed by atoms with Crippen molar-refractivity contribution in [3.8, 4) is 17.1 Å². The molecule has 3 aromatic heterocycles. The van der Waals surface area contributed by atoms with Crippen molar-refractivity contribution in [2.75, 3.05) is 25.9 Å². The number of fused-ring (bicyclic) bond motifs is 1. The average Bonchev–Trinajstić information content (AvgIpc) is 3.48. The summed E-state index contributed by atoms with van der Waals surface area (Å²) in [6, 6.07) is -1.32. The number of nitrogens with two attached hydrogens (primary N) is 1. The van der Waals surface area contributed by atoms with Crippen LogP contribution in [0.2, 0.25) is 0 Å². The lowest BCUT2D eigenvalue weighted by Crippen LogP contribution is -2.59. The van der Waals surface area contributed by atoms with Crippen molar-refractivity contribution in [2.45, 2.75) is 55.7 Å². The largest absolute Gasteiger partial charge is 0.480 e. The second-order valence-electron chi connectivity index (χ2n) is 10.1. The summed E-state index contributed by atoms with van der Waals surface area (Å²) in [5.74, 6) is -1.89. The predicted octanol–water partition coefficient (Wildman–Crippen LogP) is 3.79. The van der Waals surface area contributed by atoms with E-state index < -0.39 is 90.3 Å². The van der Waals surface area contributed by atoms with Gasteiger partial charge in [0.05, 0.1) is 24.4 Å². The van der Waals surface area contributed by atoms with Gasteiger partial charge in [0.25, 0.3) is 11.5 Å². The third kappa shape index (κ3) is 5.91. The SMILES string of the molecule is COc1ncc(-c2cc(C(F)(F)F)c3c(N)ncnn23)cc1C(=O)N[C@@H]1CN(C(C)CC(O)(C(F)(F)F)C(F)(F)F)C[C@@H]1F. The summed E-state index contributed by atoms with van der Waals surface area (Å²) in [4.78, 5) is 21.6. The van der Waals surface area contributed by atoms with Crippen LogP contribution in [0, 0.1) is 0 Å². The number of carbonyl (C=O) groups excluding carboxylic acids is 1. The Bertz CT molecular complexity index is 1530. The highest BCUT2D eigenvalue weighted by Crippen LogP contribution is 2.46. The lowest BCUT2D eigenvalue weighted by Gasteiger charge is -2.36. The molecule has 0 aromatic carbocycles. The van der Waals surface area contributed by atoms with Crippen LogP contribution in [-0.2, 0) is 6.18 Å². The molecule has 44 heavy (non-hydrogen) atoms. The molecule has 1 saturated heterocycles. The van der Waals surface area contributed by atoms with Crippen LogP contribution < -0.4 is 15.8 Å². The van der Waals surface area contributed by atoms with Gasteiger partial charge in [-0.3, -0.25) is 9.69 Å². The molecule has 4 N–H and O–H groups in total. The lowest BCUT2D eigenvalue weighted by molar-refractivity contribution is -0.372. The number of ether oxygens (including phenoxy) is 1. The molecule has 0 bridgehead atoms. The first-order valence-electron chi connectivity index (χ1n) is 12.5. The van der Waals surface area contributed by atoms with E-state index in [2.05, 4.69) is 20.4 Å². The molecule has 10 nitrogen and oxygen atoms in total. The van der Waals surface area contributed by atoms with Crippen molar-refractivity contribution in [2.24, 2.45) is 0 Å². The number of methoxy groups -OCH3 is 1. The van der Waals surface area contributed by atoms with Gasteiger partial charge in [-0.05, 0) is 19.1 Å². The molecular weight excluding hydrogens is 624 g/mol. The third-order valence-electron chi connectivity index (χ3n) is 7.22. The molecule has 0 spiro atoms. The van der Waals surface area contributed by atoms with Gasteiger partial charge in [0, 0.05) is 37.3 Å².